The number of hydrogen-bond donors (Lipinski definition) is 2. The molecule has 1 aromatic rings. The monoisotopic (exact) mass is 735 g/mol. The number of carbonyl (C=O) groups is 3. The van der Waals surface area contributed by atoms with Gasteiger partial charge in [-0.25, -0.2) is 18.4 Å². The predicted molar refractivity (Wildman–Crippen MR) is 199 cm³/mol. The van der Waals surface area contributed by atoms with Crippen LogP contribution < -0.4 is 10.1 Å². The molecule has 294 valence electrons. The summed E-state index contributed by atoms with van der Waals surface area (Å²) in [4.78, 5) is 40.4. The lowest BCUT2D eigenvalue weighted by molar-refractivity contribution is -0.185. The average Bonchev–Trinajstić information content (AvgIpc) is 3.09. The molecule has 0 aliphatic heterocycles. The second-order valence-electron chi connectivity index (χ2n) is 14.2. The van der Waals surface area contributed by atoms with Gasteiger partial charge in [-0.1, -0.05) is 75.7 Å². The molecule has 9 nitrogen and oxygen atoms in total. The first kappa shape index (κ1) is 46.5. The molecular formula is C41H63F2NO8. The third-order valence-electron chi connectivity index (χ3n) is 8.53. The highest BCUT2D eigenvalue weighted by molar-refractivity contribution is 5.93. The molecule has 0 bridgehead atoms. The quantitative estimate of drug-likeness (QED) is 0.0427. The van der Waals surface area contributed by atoms with Crippen LogP contribution in [0.25, 0.3) is 0 Å². The van der Waals surface area contributed by atoms with E-state index in [1.807, 2.05) is 0 Å². The molecule has 52 heavy (non-hydrogen) atoms. The molecule has 0 radical (unpaired) electrons. The van der Waals surface area contributed by atoms with Crippen LogP contribution in [0.2, 0.25) is 0 Å². The van der Waals surface area contributed by atoms with Crippen molar-refractivity contribution in [2.45, 2.75) is 148 Å². The predicted octanol–water partition coefficient (Wildman–Crippen LogP) is 7.91. The fourth-order valence-corrected chi connectivity index (χ4v) is 5.56. The van der Waals surface area contributed by atoms with Gasteiger partial charge in [0.25, 0.3) is 0 Å². The maximum atomic E-state index is 14.3. The molecule has 11 heteroatoms. The summed E-state index contributed by atoms with van der Waals surface area (Å²) < 4.78 is 49.9. The van der Waals surface area contributed by atoms with Gasteiger partial charge in [0.15, 0.2) is 5.60 Å². The summed E-state index contributed by atoms with van der Waals surface area (Å²) in [6.07, 6.45) is 10.2. The van der Waals surface area contributed by atoms with Crippen molar-refractivity contribution in [3.8, 4) is 17.6 Å². The Morgan fingerprint density at radius 2 is 1.54 bits per heavy atom. The van der Waals surface area contributed by atoms with Gasteiger partial charge in [-0.2, -0.15) is 0 Å². The highest BCUT2D eigenvalue weighted by Gasteiger charge is 2.49. The lowest BCUT2D eigenvalue weighted by Crippen LogP contribution is -2.56. The topological polar surface area (TPSA) is 120 Å². The standard InChI is InChI=1S/C41H63F2NO8/c1-8-10-12-16-19-26-40(42,43)27-20-17-14-13-15-18-21-34(41(48,28-30-49-6)38(47)52-39(3,4)5)36(45)44-35(37(46)50-7)31-32-22-24-33(25-23-32)51-29-11-9-2/h18,21-25,34-35,48H,8,10,12-17,19-20,26-31H2,1-7H3,(H,44,45)/b21-18+/t34-,35?,41+/m1/s1. The SMILES string of the molecule is CC#CCOc1ccc(CC(NC(=O)[C@@H](/C=C/CCCCCCC(F)(F)CCCCCCC)[C@@](O)(CCOC)C(=O)OC(C)(C)C)C(=O)OC)cc1. The number of benzene rings is 1. The molecular weight excluding hydrogens is 672 g/mol. The lowest BCUT2D eigenvalue weighted by atomic mass is 9.82. The number of aliphatic hydroxyl groups is 1. The highest BCUT2D eigenvalue weighted by Crippen LogP contribution is 2.30. The molecule has 1 aromatic carbocycles. The Kier molecular flexibility index (Phi) is 22.1. The number of unbranched alkanes of at least 4 members (excludes halogenated alkanes) is 8. The van der Waals surface area contributed by atoms with Crippen LogP contribution in [0.15, 0.2) is 36.4 Å². The Labute approximate surface area is 310 Å². The van der Waals surface area contributed by atoms with Gasteiger partial charge in [-0.15, -0.1) is 5.92 Å². The number of ether oxygens (including phenoxy) is 4. The van der Waals surface area contributed by atoms with Crippen molar-refractivity contribution >= 4 is 17.8 Å². The molecule has 0 heterocycles. The van der Waals surface area contributed by atoms with Gasteiger partial charge in [0, 0.05) is 39.4 Å². The molecule has 0 aromatic heterocycles. The van der Waals surface area contributed by atoms with Gasteiger partial charge in [-0.3, -0.25) is 4.79 Å². The van der Waals surface area contributed by atoms with Crippen molar-refractivity contribution in [2.75, 3.05) is 27.4 Å². The van der Waals surface area contributed by atoms with Crippen LogP contribution in [-0.4, -0.2) is 73.6 Å². The van der Waals surface area contributed by atoms with Gasteiger partial charge in [0.1, 0.15) is 24.0 Å². The molecule has 1 unspecified atom stereocenters. The van der Waals surface area contributed by atoms with Gasteiger partial charge in [0.05, 0.1) is 13.0 Å². The summed E-state index contributed by atoms with van der Waals surface area (Å²) in [5, 5.41) is 14.6. The number of halogens is 2. The van der Waals surface area contributed by atoms with Crippen molar-refractivity contribution in [1.82, 2.24) is 5.32 Å². The third kappa shape index (κ3) is 18.8. The van der Waals surface area contributed by atoms with E-state index in [0.717, 1.165) is 25.7 Å². The number of amides is 1. The number of allylic oxidation sites excluding steroid dienone is 1. The smallest absolute Gasteiger partial charge is 0.339 e. The van der Waals surface area contributed by atoms with Gasteiger partial charge >= 0.3 is 11.9 Å². The highest BCUT2D eigenvalue weighted by atomic mass is 19.3. The Morgan fingerprint density at radius 1 is 0.923 bits per heavy atom. The normalized spacial score (nSPS) is 14.1. The van der Waals surface area contributed by atoms with E-state index >= 15 is 0 Å². The minimum atomic E-state index is -2.65. The molecule has 0 aliphatic rings. The third-order valence-corrected chi connectivity index (χ3v) is 8.53. The number of alkyl halides is 2. The summed E-state index contributed by atoms with van der Waals surface area (Å²) in [6, 6.07) is 5.80. The van der Waals surface area contributed by atoms with E-state index in [0.29, 0.717) is 49.8 Å². The Bertz CT molecular complexity index is 1280. The van der Waals surface area contributed by atoms with Gasteiger partial charge in [-0.05, 0) is 71.1 Å². The van der Waals surface area contributed by atoms with E-state index in [1.165, 1.54) is 20.3 Å². The van der Waals surface area contributed by atoms with Crippen molar-refractivity contribution in [3.63, 3.8) is 0 Å². The number of methoxy groups -OCH3 is 2. The van der Waals surface area contributed by atoms with Gasteiger partial charge in [0.2, 0.25) is 11.8 Å². The second kappa shape index (κ2) is 24.7. The lowest BCUT2D eigenvalue weighted by Gasteiger charge is -2.35. The molecule has 0 fully saturated rings. The van der Waals surface area contributed by atoms with Crippen molar-refractivity contribution < 1.29 is 47.2 Å². The van der Waals surface area contributed by atoms with E-state index in [-0.39, 0.29) is 38.9 Å². The van der Waals surface area contributed by atoms with Crippen LogP contribution in [0.3, 0.4) is 0 Å². The molecule has 3 atom stereocenters. The fraction of sp³-hybridized carbons (Fsp3) is 0.683. The first-order valence-corrected chi connectivity index (χ1v) is 18.6. The maximum Gasteiger partial charge on any atom is 0.339 e. The van der Waals surface area contributed by atoms with Crippen LogP contribution in [0, 0.1) is 17.8 Å². The summed E-state index contributed by atoms with van der Waals surface area (Å²) in [5.74, 6) is -0.465. The van der Waals surface area contributed by atoms with Gasteiger partial charge < -0.3 is 29.4 Å². The van der Waals surface area contributed by atoms with Crippen LogP contribution in [0.4, 0.5) is 8.78 Å². The molecule has 0 saturated heterocycles. The summed E-state index contributed by atoms with van der Waals surface area (Å²) in [5.41, 5.74) is -2.61. The second-order valence-corrected chi connectivity index (χ2v) is 14.2. The molecule has 2 N–H and O–H groups in total. The van der Waals surface area contributed by atoms with Crippen LogP contribution in [0.5, 0.6) is 5.75 Å². The van der Waals surface area contributed by atoms with E-state index in [4.69, 9.17) is 18.9 Å². The zero-order valence-corrected chi connectivity index (χ0v) is 32.5. The van der Waals surface area contributed by atoms with Crippen LogP contribution in [-0.2, 0) is 35.0 Å². The van der Waals surface area contributed by atoms with E-state index in [1.54, 1.807) is 58.0 Å². The van der Waals surface area contributed by atoms with Crippen molar-refractivity contribution in [3.05, 3.63) is 42.0 Å². The van der Waals surface area contributed by atoms with Crippen molar-refractivity contribution in [2.24, 2.45) is 5.92 Å². The number of esters is 2. The molecule has 0 spiro atoms. The summed E-state index contributed by atoms with van der Waals surface area (Å²) in [6.45, 7) is 8.93. The Morgan fingerprint density at radius 3 is 2.10 bits per heavy atom. The minimum Gasteiger partial charge on any atom is -0.481 e. The van der Waals surface area contributed by atoms with Crippen molar-refractivity contribution in [1.29, 1.82) is 0 Å². The molecule has 1 amide bonds. The minimum absolute atomic E-state index is 0.0601. The Balaban J connectivity index is 3.10. The van der Waals surface area contributed by atoms with E-state index < -0.39 is 46.9 Å². The first-order chi connectivity index (χ1) is 24.6. The summed E-state index contributed by atoms with van der Waals surface area (Å²) >= 11 is 0. The Hall–Kier alpha value is -3.49. The van der Waals surface area contributed by atoms with Crippen LogP contribution in [0.1, 0.15) is 124 Å². The molecule has 0 saturated carbocycles. The molecule has 1 rings (SSSR count). The zero-order chi connectivity index (χ0) is 39.0. The maximum absolute atomic E-state index is 14.3. The van der Waals surface area contributed by atoms with E-state index in [2.05, 4.69) is 24.1 Å². The average molecular weight is 736 g/mol. The molecule has 0 aliphatic carbocycles. The van der Waals surface area contributed by atoms with Crippen LogP contribution >= 0.6 is 0 Å². The number of nitrogens with one attached hydrogen (secondary N) is 1. The number of rotatable bonds is 26. The zero-order valence-electron chi connectivity index (χ0n) is 32.5. The fourth-order valence-electron chi connectivity index (χ4n) is 5.56. The summed E-state index contributed by atoms with van der Waals surface area (Å²) in [7, 11) is 2.61. The number of hydrogen-bond acceptors (Lipinski definition) is 8. The first-order valence-electron chi connectivity index (χ1n) is 18.6. The number of carbonyl (C=O) groups excluding carboxylic acids is 3. The largest absolute Gasteiger partial charge is 0.481 e. The van der Waals surface area contributed by atoms with E-state index in [9.17, 15) is 28.3 Å².